The molecule has 0 aliphatic heterocycles. The maximum atomic E-state index is 12.8. The van der Waals surface area contributed by atoms with Crippen LogP contribution in [0, 0.1) is 5.82 Å². The van der Waals surface area contributed by atoms with Crippen LogP contribution in [0.3, 0.4) is 0 Å². The number of rotatable bonds is 2. The van der Waals surface area contributed by atoms with Gasteiger partial charge < -0.3 is 0 Å². The third-order valence-corrected chi connectivity index (χ3v) is 1.85. The molecule has 2 aromatic rings. The van der Waals surface area contributed by atoms with Gasteiger partial charge in [-0.2, -0.15) is 10.2 Å². The van der Waals surface area contributed by atoms with Crippen molar-refractivity contribution in [1.29, 1.82) is 0 Å². The van der Waals surface area contributed by atoms with E-state index in [1.807, 2.05) is 30.3 Å². The summed E-state index contributed by atoms with van der Waals surface area (Å²) in [7, 11) is 0. The molecule has 0 aliphatic carbocycles. The fraction of sp³-hybridized carbons (Fsp3) is 0. The summed E-state index contributed by atoms with van der Waals surface area (Å²) < 4.78 is 12.8. The van der Waals surface area contributed by atoms with Crippen LogP contribution in [-0.4, -0.2) is 0 Å². The molecule has 0 aromatic heterocycles. The molecule has 2 aromatic carbocycles. The van der Waals surface area contributed by atoms with Crippen molar-refractivity contribution >= 4 is 11.4 Å². The second-order valence-corrected chi connectivity index (χ2v) is 3.02. The molecule has 2 nitrogen and oxygen atoms in total. The molecule has 74 valence electrons. The molecule has 0 atom stereocenters. The van der Waals surface area contributed by atoms with Crippen LogP contribution in [0.5, 0.6) is 0 Å². The van der Waals surface area contributed by atoms with Crippen LogP contribution in [-0.2, 0) is 0 Å². The normalized spacial score (nSPS) is 10.7. The van der Waals surface area contributed by atoms with E-state index in [0.717, 1.165) is 5.69 Å². The Morgan fingerprint density at radius 1 is 0.733 bits per heavy atom. The first-order valence-electron chi connectivity index (χ1n) is 4.57. The molecular weight excluding hydrogens is 191 g/mol. The Labute approximate surface area is 87.1 Å². The molecule has 0 bridgehead atoms. The fourth-order valence-electron chi connectivity index (χ4n) is 1.15. The lowest BCUT2D eigenvalue weighted by Crippen LogP contribution is -1.69. The SMILES string of the molecule is Fc1cccc(N=Nc2ccccc2)c1. The lowest BCUT2D eigenvalue weighted by atomic mass is 10.3. The van der Waals surface area contributed by atoms with E-state index in [1.165, 1.54) is 12.1 Å². The number of benzene rings is 2. The van der Waals surface area contributed by atoms with Crippen molar-refractivity contribution in [2.45, 2.75) is 0 Å². The third-order valence-electron chi connectivity index (χ3n) is 1.85. The van der Waals surface area contributed by atoms with Gasteiger partial charge in [-0.25, -0.2) is 4.39 Å². The van der Waals surface area contributed by atoms with Crippen LogP contribution in [0.2, 0.25) is 0 Å². The van der Waals surface area contributed by atoms with Crippen LogP contribution in [0.25, 0.3) is 0 Å². The van der Waals surface area contributed by atoms with Gasteiger partial charge in [-0.1, -0.05) is 24.3 Å². The number of hydrogen-bond donors (Lipinski definition) is 0. The second kappa shape index (κ2) is 4.46. The molecule has 0 saturated heterocycles. The summed E-state index contributed by atoms with van der Waals surface area (Å²) >= 11 is 0. The van der Waals surface area contributed by atoms with Crippen molar-refractivity contribution in [1.82, 2.24) is 0 Å². The lowest BCUT2D eigenvalue weighted by molar-refractivity contribution is 0.628. The van der Waals surface area contributed by atoms with E-state index >= 15 is 0 Å². The predicted octanol–water partition coefficient (Wildman–Crippen LogP) is 4.24. The minimum Gasteiger partial charge on any atom is -0.207 e. The summed E-state index contributed by atoms with van der Waals surface area (Å²) in [4.78, 5) is 0. The molecule has 2 rings (SSSR count). The molecule has 0 heterocycles. The first-order chi connectivity index (χ1) is 7.34. The molecule has 0 aliphatic rings. The van der Waals surface area contributed by atoms with E-state index in [0.29, 0.717) is 5.69 Å². The maximum absolute atomic E-state index is 12.8. The minimum atomic E-state index is -0.306. The largest absolute Gasteiger partial charge is 0.207 e. The van der Waals surface area contributed by atoms with Gasteiger partial charge in [-0.05, 0) is 24.3 Å². The summed E-state index contributed by atoms with van der Waals surface area (Å²) in [5.41, 5.74) is 1.26. The van der Waals surface area contributed by atoms with Crippen LogP contribution < -0.4 is 0 Å². The van der Waals surface area contributed by atoms with E-state index in [1.54, 1.807) is 12.1 Å². The molecule has 0 unspecified atom stereocenters. The highest BCUT2D eigenvalue weighted by Gasteiger charge is 1.92. The Hall–Kier alpha value is -2.03. The summed E-state index contributed by atoms with van der Waals surface area (Å²) in [5.74, 6) is -0.306. The minimum absolute atomic E-state index is 0.306. The average molecular weight is 200 g/mol. The Kier molecular flexibility index (Phi) is 2.83. The van der Waals surface area contributed by atoms with Crippen LogP contribution >= 0.6 is 0 Å². The van der Waals surface area contributed by atoms with Gasteiger partial charge in [0.25, 0.3) is 0 Å². The van der Waals surface area contributed by atoms with Gasteiger partial charge in [0.2, 0.25) is 0 Å². The average Bonchev–Trinajstić information content (AvgIpc) is 2.28. The summed E-state index contributed by atoms with van der Waals surface area (Å²) in [6, 6.07) is 15.4. The van der Waals surface area contributed by atoms with Gasteiger partial charge in [-0.3, -0.25) is 0 Å². The smallest absolute Gasteiger partial charge is 0.125 e. The van der Waals surface area contributed by atoms with Crippen LogP contribution in [0.1, 0.15) is 0 Å². The lowest BCUT2D eigenvalue weighted by Gasteiger charge is -1.92. The highest BCUT2D eigenvalue weighted by Crippen LogP contribution is 2.17. The standard InChI is InChI=1S/C12H9FN2/c13-10-5-4-8-12(9-10)15-14-11-6-2-1-3-7-11/h1-9H. The van der Waals surface area contributed by atoms with Crippen molar-refractivity contribution in [2.75, 3.05) is 0 Å². The molecule has 0 radical (unpaired) electrons. The molecular formula is C12H9FN2. The molecule has 0 spiro atoms. The first-order valence-corrected chi connectivity index (χ1v) is 4.57. The zero-order chi connectivity index (χ0) is 10.5. The molecule has 15 heavy (non-hydrogen) atoms. The molecule has 0 N–H and O–H groups in total. The van der Waals surface area contributed by atoms with Gasteiger partial charge in [0.1, 0.15) is 5.82 Å². The number of halogens is 1. The number of nitrogens with zero attached hydrogens (tertiary/aromatic N) is 2. The van der Waals surface area contributed by atoms with Gasteiger partial charge in [0, 0.05) is 6.07 Å². The van der Waals surface area contributed by atoms with Crippen molar-refractivity contribution in [3.05, 3.63) is 60.4 Å². The molecule has 0 amide bonds. The van der Waals surface area contributed by atoms with E-state index in [-0.39, 0.29) is 5.82 Å². The first kappa shape index (κ1) is 9.52. The highest BCUT2D eigenvalue weighted by molar-refractivity contribution is 5.39. The monoisotopic (exact) mass is 200 g/mol. The van der Waals surface area contributed by atoms with Gasteiger partial charge in [0.05, 0.1) is 11.4 Å². The van der Waals surface area contributed by atoms with Crippen LogP contribution in [0.15, 0.2) is 64.8 Å². The second-order valence-electron chi connectivity index (χ2n) is 3.02. The van der Waals surface area contributed by atoms with Crippen molar-refractivity contribution < 1.29 is 4.39 Å². The number of azo groups is 1. The van der Waals surface area contributed by atoms with Gasteiger partial charge in [-0.15, -0.1) is 0 Å². The predicted molar refractivity (Wildman–Crippen MR) is 57.0 cm³/mol. The van der Waals surface area contributed by atoms with E-state index < -0.39 is 0 Å². The summed E-state index contributed by atoms with van der Waals surface area (Å²) in [6.07, 6.45) is 0. The van der Waals surface area contributed by atoms with Crippen LogP contribution in [0.4, 0.5) is 15.8 Å². The topological polar surface area (TPSA) is 24.7 Å². The van der Waals surface area contributed by atoms with E-state index in [4.69, 9.17) is 0 Å². The number of hydrogen-bond acceptors (Lipinski definition) is 2. The fourth-order valence-corrected chi connectivity index (χ4v) is 1.15. The highest BCUT2D eigenvalue weighted by atomic mass is 19.1. The Bertz CT molecular complexity index is 466. The Morgan fingerprint density at radius 2 is 1.40 bits per heavy atom. The Balaban J connectivity index is 2.19. The van der Waals surface area contributed by atoms with E-state index in [2.05, 4.69) is 10.2 Å². The van der Waals surface area contributed by atoms with Gasteiger partial charge >= 0.3 is 0 Å². The third kappa shape index (κ3) is 2.71. The van der Waals surface area contributed by atoms with Crippen molar-refractivity contribution in [3.8, 4) is 0 Å². The van der Waals surface area contributed by atoms with Crippen molar-refractivity contribution in [2.24, 2.45) is 10.2 Å². The molecule has 0 saturated carbocycles. The zero-order valence-corrected chi connectivity index (χ0v) is 7.97. The van der Waals surface area contributed by atoms with Gasteiger partial charge in [0.15, 0.2) is 0 Å². The Morgan fingerprint density at radius 3 is 2.13 bits per heavy atom. The zero-order valence-electron chi connectivity index (χ0n) is 7.97. The quantitative estimate of drug-likeness (QED) is 0.648. The van der Waals surface area contributed by atoms with E-state index in [9.17, 15) is 4.39 Å². The summed E-state index contributed by atoms with van der Waals surface area (Å²) in [6.45, 7) is 0. The maximum Gasteiger partial charge on any atom is 0.125 e. The van der Waals surface area contributed by atoms with Crippen molar-refractivity contribution in [3.63, 3.8) is 0 Å². The molecule has 0 fully saturated rings. The summed E-state index contributed by atoms with van der Waals surface area (Å²) in [5, 5.41) is 7.90. The molecule has 3 heteroatoms.